The van der Waals surface area contributed by atoms with E-state index in [1.807, 2.05) is 0 Å². The maximum absolute atomic E-state index is 10.8. The van der Waals surface area contributed by atoms with Gasteiger partial charge in [0, 0.05) is 0 Å². The van der Waals surface area contributed by atoms with Gasteiger partial charge in [0.05, 0.1) is 16.1 Å². The molecule has 1 aromatic heterocycles. The number of carboxylic acids is 1. The lowest BCUT2D eigenvalue weighted by Gasteiger charge is -1.95. The third-order valence-corrected chi connectivity index (χ3v) is 2.00. The van der Waals surface area contributed by atoms with Gasteiger partial charge in [-0.15, -0.1) is 0 Å². The summed E-state index contributed by atoms with van der Waals surface area (Å²) in [4.78, 5) is 23.7. The number of carboxylic acid groups (broad SMARTS) is 1. The number of carbonyl (C=O) groups is 1. The fourth-order valence-corrected chi connectivity index (χ4v) is 1.40. The first-order chi connectivity index (χ1) is 6.58. The Morgan fingerprint density at radius 2 is 2.21 bits per heavy atom. The normalized spacial score (nSPS) is 10.6. The highest BCUT2D eigenvalue weighted by Gasteiger charge is 2.11. The van der Waals surface area contributed by atoms with Gasteiger partial charge in [-0.1, -0.05) is 11.6 Å². The van der Waals surface area contributed by atoms with Crippen LogP contribution in [-0.4, -0.2) is 16.1 Å². The molecule has 0 saturated carbocycles. The van der Waals surface area contributed by atoms with E-state index < -0.39 is 11.7 Å². The summed E-state index contributed by atoms with van der Waals surface area (Å²) in [5.74, 6) is -1.78. The van der Waals surface area contributed by atoms with Crippen LogP contribution >= 0.6 is 11.6 Å². The molecule has 14 heavy (non-hydrogen) atoms. The summed E-state index contributed by atoms with van der Waals surface area (Å²) in [5, 5.41) is 8.79. The number of halogens is 1. The molecule has 2 rings (SSSR count). The first kappa shape index (κ1) is 8.83. The minimum Gasteiger partial charge on any atom is -0.478 e. The number of fused-ring (bicyclic) bond motifs is 1. The van der Waals surface area contributed by atoms with Crippen LogP contribution < -0.4 is 5.76 Å². The van der Waals surface area contributed by atoms with Crippen LogP contribution in [0.3, 0.4) is 0 Å². The van der Waals surface area contributed by atoms with Gasteiger partial charge in [-0.3, -0.25) is 4.98 Å². The number of nitrogens with one attached hydrogen (secondary N) is 1. The highest BCUT2D eigenvalue weighted by Crippen LogP contribution is 2.22. The van der Waals surface area contributed by atoms with Gasteiger partial charge < -0.3 is 9.52 Å². The van der Waals surface area contributed by atoms with Crippen LogP contribution in [0.5, 0.6) is 0 Å². The van der Waals surface area contributed by atoms with Crippen molar-refractivity contribution < 1.29 is 14.3 Å². The van der Waals surface area contributed by atoms with Crippen LogP contribution in [0.1, 0.15) is 10.4 Å². The molecule has 6 heteroatoms. The molecule has 0 unspecified atom stereocenters. The summed E-state index contributed by atoms with van der Waals surface area (Å²) >= 11 is 5.70. The summed E-state index contributed by atoms with van der Waals surface area (Å²) in [6, 6.07) is 2.51. The standard InChI is InChI=1S/C8H4ClNO4/c9-4-1-3(7(11)12)2-5-6(4)14-8(13)10-5/h1-2H,(H,10,13)(H,11,12). The van der Waals surface area contributed by atoms with E-state index in [4.69, 9.17) is 21.1 Å². The number of hydrogen-bond donors (Lipinski definition) is 2. The summed E-state index contributed by atoms with van der Waals surface area (Å²) in [5.41, 5.74) is 0.445. The zero-order chi connectivity index (χ0) is 10.3. The first-order valence-corrected chi connectivity index (χ1v) is 4.01. The molecule has 5 nitrogen and oxygen atoms in total. The summed E-state index contributed by atoms with van der Waals surface area (Å²) in [6.45, 7) is 0. The van der Waals surface area contributed by atoms with Crippen LogP contribution in [0, 0.1) is 0 Å². The van der Waals surface area contributed by atoms with Gasteiger partial charge in [-0.25, -0.2) is 9.59 Å². The Labute approximate surface area is 81.9 Å². The molecule has 1 aromatic carbocycles. The van der Waals surface area contributed by atoms with Crippen LogP contribution in [-0.2, 0) is 0 Å². The SMILES string of the molecule is O=C(O)c1cc(Cl)c2oc(=O)[nH]c2c1. The van der Waals surface area contributed by atoms with Crippen molar-refractivity contribution in [2.45, 2.75) is 0 Å². The second kappa shape index (κ2) is 2.88. The minimum atomic E-state index is -1.11. The molecule has 2 aromatic rings. The molecule has 0 bridgehead atoms. The zero-order valence-electron chi connectivity index (χ0n) is 6.70. The lowest BCUT2D eigenvalue weighted by Crippen LogP contribution is -1.96. The Morgan fingerprint density at radius 3 is 2.86 bits per heavy atom. The van der Waals surface area contributed by atoms with Crippen molar-refractivity contribution in [3.63, 3.8) is 0 Å². The summed E-state index contributed by atoms with van der Waals surface area (Å²) < 4.78 is 4.70. The molecule has 72 valence electrons. The smallest absolute Gasteiger partial charge is 0.417 e. The topological polar surface area (TPSA) is 83.3 Å². The largest absolute Gasteiger partial charge is 0.478 e. The zero-order valence-corrected chi connectivity index (χ0v) is 7.46. The molecule has 0 aliphatic heterocycles. The van der Waals surface area contributed by atoms with Gasteiger partial charge in [0.1, 0.15) is 0 Å². The second-order valence-corrected chi connectivity index (χ2v) is 3.06. The van der Waals surface area contributed by atoms with Gasteiger partial charge in [0.15, 0.2) is 5.58 Å². The number of oxazole rings is 1. The van der Waals surface area contributed by atoms with Crippen LogP contribution in [0.2, 0.25) is 5.02 Å². The van der Waals surface area contributed by atoms with E-state index in [2.05, 4.69) is 4.98 Å². The molecule has 0 spiro atoms. The van der Waals surface area contributed by atoms with E-state index in [0.29, 0.717) is 0 Å². The molecule has 0 aliphatic rings. The van der Waals surface area contributed by atoms with Gasteiger partial charge >= 0.3 is 11.7 Å². The Morgan fingerprint density at radius 1 is 1.50 bits per heavy atom. The highest BCUT2D eigenvalue weighted by molar-refractivity contribution is 6.35. The third kappa shape index (κ3) is 1.27. The van der Waals surface area contributed by atoms with Crippen molar-refractivity contribution in [1.29, 1.82) is 0 Å². The number of aromatic carboxylic acids is 1. The van der Waals surface area contributed by atoms with Crippen LogP contribution in [0.4, 0.5) is 0 Å². The van der Waals surface area contributed by atoms with E-state index in [0.717, 1.165) is 0 Å². The quantitative estimate of drug-likeness (QED) is 0.752. The number of rotatable bonds is 1. The van der Waals surface area contributed by atoms with Gasteiger partial charge in [0.25, 0.3) is 0 Å². The lowest BCUT2D eigenvalue weighted by molar-refractivity contribution is 0.0697. The lowest BCUT2D eigenvalue weighted by atomic mass is 10.2. The molecular weight excluding hydrogens is 210 g/mol. The highest BCUT2D eigenvalue weighted by atomic mass is 35.5. The van der Waals surface area contributed by atoms with Crippen molar-refractivity contribution in [2.24, 2.45) is 0 Å². The Hall–Kier alpha value is -1.75. The average molecular weight is 214 g/mol. The van der Waals surface area contributed by atoms with E-state index in [-0.39, 0.29) is 21.7 Å². The predicted molar refractivity (Wildman–Crippen MR) is 48.8 cm³/mol. The van der Waals surface area contributed by atoms with Crippen molar-refractivity contribution >= 4 is 28.7 Å². The van der Waals surface area contributed by atoms with Gasteiger partial charge in [0.2, 0.25) is 0 Å². The monoisotopic (exact) mass is 213 g/mol. The van der Waals surface area contributed by atoms with Crippen molar-refractivity contribution in [3.05, 3.63) is 33.3 Å². The predicted octanol–water partition coefficient (Wildman–Crippen LogP) is 1.47. The molecule has 0 fully saturated rings. The van der Waals surface area contributed by atoms with E-state index in [1.165, 1.54) is 12.1 Å². The third-order valence-electron chi connectivity index (χ3n) is 1.72. The van der Waals surface area contributed by atoms with E-state index in [9.17, 15) is 9.59 Å². The second-order valence-electron chi connectivity index (χ2n) is 2.65. The minimum absolute atomic E-state index is 0.000417. The number of aromatic nitrogens is 1. The van der Waals surface area contributed by atoms with Crippen LogP contribution in [0.15, 0.2) is 21.3 Å². The molecule has 0 radical (unpaired) electrons. The van der Waals surface area contributed by atoms with E-state index in [1.54, 1.807) is 0 Å². The number of benzene rings is 1. The number of aromatic amines is 1. The summed E-state index contributed by atoms with van der Waals surface area (Å²) in [7, 11) is 0. The number of hydrogen-bond acceptors (Lipinski definition) is 3. The fraction of sp³-hybridized carbons (Fsp3) is 0. The fourth-order valence-electron chi connectivity index (χ4n) is 1.14. The number of H-pyrrole nitrogens is 1. The average Bonchev–Trinajstić information content (AvgIpc) is 2.45. The Kier molecular flexibility index (Phi) is 1.82. The van der Waals surface area contributed by atoms with Gasteiger partial charge in [-0.2, -0.15) is 0 Å². The van der Waals surface area contributed by atoms with Gasteiger partial charge in [-0.05, 0) is 12.1 Å². The van der Waals surface area contributed by atoms with Crippen LogP contribution in [0.25, 0.3) is 11.1 Å². The van der Waals surface area contributed by atoms with Crippen molar-refractivity contribution in [2.75, 3.05) is 0 Å². The van der Waals surface area contributed by atoms with Crippen molar-refractivity contribution in [1.82, 2.24) is 4.98 Å². The molecular formula is C8H4ClNO4. The molecule has 0 atom stereocenters. The Bertz CT molecular complexity index is 568. The van der Waals surface area contributed by atoms with E-state index >= 15 is 0 Å². The molecule has 1 heterocycles. The maximum atomic E-state index is 10.8. The summed E-state index contributed by atoms with van der Waals surface area (Å²) in [6.07, 6.45) is 0. The van der Waals surface area contributed by atoms with Crippen molar-refractivity contribution in [3.8, 4) is 0 Å². The molecule has 0 aliphatic carbocycles. The Balaban J connectivity index is 2.84. The molecule has 0 amide bonds. The molecule has 0 saturated heterocycles. The maximum Gasteiger partial charge on any atom is 0.417 e. The molecule has 2 N–H and O–H groups in total. The first-order valence-electron chi connectivity index (χ1n) is 3.63.